The molecule has 0 aliphatic carbocycles. The summed E-state index contributed by atoms with van der Waals surface area (Å²) in [5.41, 5.74) is 0. The van der Waals surface area contributed by atoms with E-state index in [-0.39, 0.29) is 0 Å². The number of epoxide rings is 1. The smallest absolute Gasteiger partial charge is 0.390 e. The van der Waals surface area contributed by atoms with E-state index in [1.165, 1.54) is 0 Å². The number of aliphatic hydroxyl groups is 1. The van der Waals surface area contributed by atoms with Crippen molar-refractivity contribution in [3.63, 3.8) is 0 Å². The average molecular weight is 128 g/mol. The Kier molecular flexibility index (Phi) is 0.850. The summed E-state index contributed by atoms with van der Waals surface area (Å²) in [5.74, 6) is -3.09. The maximum absolute atomic E-state index is 11.8. The summed E-state index contributed by atoms with van der Waals surface area (Å²) < 4.78 is 37.8. The number of alkyl halides is 3. The van der Waals surface area contributed by atoms with Crippen LogP contribution in [-0.2, 0) is 4.74 Å². The van der Waals surface area contributed by atoms with E-state index in [4.69, 9.17) is 5.11 Å². The first-order valence-corrected chi connectivity index (χ1v) is 1.89. The Balaban J connectivity index is 2.55. The van der Waals surface area contributed by atoms with Crippen LogP contribution in [0.3, 0.4) is 0 Å². The highest BCUT2D eigenvalue weighted by molar-refractivity contribution is 4.92. The Morgan fingerprint density at radius 2 is 1.75 bits per heavy atom. The molecule has 0 aromatic rings. The summed E-state index contributed by atoms with van der Waals surface area (Å²) in [6, 6.07) is 0. The van der Waals surface area contributed by atoms with E-state index in [1.54, 1.807) is 0 Å². The van der Waals surface area contributed by atoms with E-state index in [2.05, 4.69) is 4.74 Å². The van der Waals surface area contributed by atoms with Gasteiger partial charge in [0.1, 0.15) is 6.61 Å². The van der Waals surface area contributed by atoms with Crippen LogP contribution in [0, 0.1) is 0 Å². The molecule has 48 valence electrons. The molecule has 1 heterocycles. The molecule has 1 fully saturated rings. The summed E-state index contributed by atoms with van der Waals surface area (Å²) in [5, 5.41) is 7.82. The van der Waals surface area contributed by atoms with Gasteiger partial charge in [0.15, 0.2) is 0 Å². The molecular weight excluding hydrogens is 125 g/mol. The van der Waals surface area contributed by atoms with Crippen LogP contribution < -0.4 is 0 Å². The van der Waals surface area contributed by atoms with Crippen LogP contribution in [0.25, 0.3) is 0 Å². The molecule has 0 radical (unpaired) electrons. The number of ether oxygens (including phenoxy) is 1. The van der Waals surface area contributed by atoms with Crippen molar-refractivity contribution in [3.05, 3.63) is 0 Å². The Morgan fingerprint density at radius 1 is 1.38 bits per heavy atom. The van der Waals surface area contributed by atoms with Crippen LogP contribution in [0.2, 0.25) is 0 Å². The van der Waals surface area contributed by atoms with Gasteiger partial charge in [0.25, 0.3) is 0 Å². The number of hydrogen-bond acceptors (Lipinski definition) is 2. The van der Waals surface area contributed by atoms with Gasteiger partial charge in [-0.25, -0.2) is 0 Å². The minimum atomic E-state index is -3.76. The van der Waals surface area contributed by atoms with Crippen LogP contribution >= 0.6 is 0 Å². The van der Waals surface area contributed by atoms with Crippen molar-refractivity contribution < 1.29 is 23.0 Å². The van der Waals surface area contributed by atoms with Crippen molar-refractivity contribution in [2.24, 2.45) is 0 Å². The van der Waals surface area contributed by atoms with E-state index in [1.807, 2.05) is 0 Å². The highest BCUT2D eigenvalue weighted by Crippen LogP contribution is 2.51. The predicted octanol–water partition coefficient (Wildman–Crippen LogP) is 0.268. The van der Waals surface area contributed by atoms with Gasteiger partial charge in [-0.2, -0.15) is 13.2 Å². The standard InChI is InChI=1S/C3H3F3O2/c4-2(1-7)3(5,6)8-2/h7H,1H2/t2-/m1/s1. The van der Waals surface area contributed by atoms with Gasteiger partial charge in [-0.05, 0) is 0 Å². The summed E-state index contributed by atoms with van der Waals surface area (Å²) in [6.07, 6.45) is -3.76. The summed E-state index contributed by atoms with van der Waals surface area (Å²) in [4.78, 5) is 0. The van der Waals surface area contributed by atoms with Gasteiger partial charge >= 0.3 is 12.0 Å². The van der Waals surface area contributed by atoms with Crippen LogP contribution in [0.5, 0.6) is 0 Å². The van der Waals surface area contributed by atoms with Crippen LogP contribution in [0.15, 0.2) is 0 Å². The van der Waals surface area contributed by atoms with Crippen molar-refractivity contribution in [2.75, 3.05) is 6.61 Å². The fraction of sp³-hybridized carbons (Fsp3) is 1.00. The molecule has 0 bridgehead atoms. The minimum Gasteiger partial charge on any atom is -0.390 e. The molecule has 1 saturated heterocycles. The normalized spacial score (nSPS) is 42.0. The van der Waals surface area contributed by atoms with Gasteiger partial charge in [-0.1, -0.05) is 0 Å². The van der Waals surface area contributed by atoms with Crippen LogP contribution in [0.4, 0.5) is 13.2 Å². The lowest BCUT2D eigenvalue weighted by molar-refractivity contribution is -0.00459. The highest BCUT2D eigenvalue weighted by atomic mass is 19.3. The Bertz CT molecular complexity index is 115. The number of aliphatic hydroxyl groups excluding tert-OH is 1. The largest absolute Gasteiger partial charge is 0.420 e. The second-order valence-electron chi connectivity index (χ2n) is 1.51. The molecule has 1 atom stereocenters. The molecule has 0 aromatic heterocycles. The van der Waals surface area contributed by atoms with Gasteiger partial charge in [-0.15, -0.1) is 0 Å². The van der Waals surface area contributed by atoms with E-state index in [0.717, 1.165) is 0 Å². The van der Waals surface area contributed by atoms with Gasteiger partial charge in [0.2, 0.25) is 0 Å². The second kappa shape index (κ2) is 1.16. The highest BCUT2D eigenvalue weighted by Gasteiger charge is 2.76. The first kappa shape index (κ1) is 5.84. The third-order valence-electron chi connectivity index (χ3n) is 0.886. The van der Waals surface area contributed by atoms with E-state index in [9.17, 15) is 13.2 Å². The molecule has 0 unspecified atom stereocenters. The van der Waals surface area contributed by atoms with Crippen LogP contribution in [-0.4, -0.2) is 23.7 Å². The third-order valence-corrected chi connectivity index (χ3v) is 0.886. The Labute approximate surface area is 42.9 Å². The molecule has 0 aromatic carbocycles. The zero-order valence-electron chi connectivity index (χ0n) is 3.70. The molecule has 1 N–H and O–H groups in total. The zero-order chi connectivity index (χ0) is 6.41. The number of hydrogen-bond donors (Lipinski definition) is 1. The van der Waals surface area contributed by atoms with Crippen molar-refractivity contribution in [3.8, 4) is 0 Å². The van der Waals surface area contributed by atoms with Gasteiger partial charge < -0.3 is 5.11 Å². The van der Waals surface area contributed by atoms with Crippen LogP contribution in [0.1, 0.15) is 0 Å². The van der Waals surface area contributed by atoms with Crippen molar-refractivity contribution in [2.45, 2.75) is 12.0 Å². The first-order chi connectivity index (χ1) is 3.52. The average Bonchev–Trinajstić information content (AvgIpc) is 2.10. The Morgan fingerprint density at radius 3 is 1.75 bits per heavy atom. The predicted molar refractivity (Wildman–Crippen MR) is 17.0 cm³/mol. The minimum absolute atomic E-state index is 1.29. The fourth-order valence-corrected chi connectivity index (χ4v) is 0.302. The monoisotopic (exact) mass is 128 g/mol. The summed E-state index contributed by atoms with van der Waals surface area (Å²) in [7, 11) is 0. The Hall–Kier alpha value is -0.290. The van der Waals surface area contributed by atoms with Gasteiger partial charge in [0.05, 0.1) is 0 Å². The molecule has 1 aliphatic heterocycles. The van der Waals surface area contributed by atoms with Crippen molar-refractivity contribution in [1.82, 2.24) is 0 Å². The molecular formula is C3H3F3O2. The van der Waals surface area contributed by atoms with Crippen molar-refractivity contribution in [1.29, 1.82) is 0 Å². The number of halogens is 3. The number of rotatable bonds is 1. The fourth-order valence-electron chi connectivity index (χ4n) is 0.302. The van der Waals surface area contributed by atoms with Gasteiger partial charge in [-0.3, -0.25) is 4.74 Å². The SMILES string of the molecule is OC[C@@]1(F)OC1(F)F. The van der Waals surface area contributed by atoms with E-state index < -0.39 is 18.6 Å². The molecule has 5 heteroatoms. The van der Waals surface area contributed by atoms with Crippen molar-refractivity contribution >= 4 is 0 Å². The quantitative estimate of drug-likeness (QED) is 0.514. The maximum Gasteiger partial charge on any atom is 0.420 e. The topological polar surface area (TPSA) is 32.8 Å². The summed E-state index contributed by atoms with van der Waals surface area (Å²) >= 11 is 0. The maximum atomic E-state index is 11.8. The third kappa shape index (κ3) is 0.513. The lowest BCUT2D eigenvalue weighted by Gasteiger charge is -1.89. The first-order valence-electron chi connectivity index (χ1n) is 1.89. The molecule has 0 spiro atoms. The lowest BCUT2D eigenvalue weighted by Crippen LogP contribution is -2.16. The second-order valence-corrected chi connectivity index (χ2v) is 1.51. The molecule has 1 rings (SSSR count). The lowest BCUT2D eigenvalue weighted by atomic mass is 10.4. The molecule has 0 saturated carbocycles. The van der Waals surface area contributed by atoms with Gasteiger partial charge in [0, 0.05) is 0 Å². The summed E-state index contributed by atoms with van der Waals surface area (Å²) in [6.45, 7) is -1.29. The van der Waals surface area contributed by atoms with E-state index >= 15 is 0 Å². The molecule has 2 nitrogen and oxygen atoms in total. The van der Waals surface area contributed by atoms with E-state index in [0.29, 0.717) is 0 Å². The molecule has 1 aliphatic rings. The molecule has 8 heavy (non-hydrogen) atoms. The molecule has 0 amide bonds. The zero-order valence-corrected chi connectivity index (χ0v) is 3.70.